The van der Waals surface area contributed by atoms with Gasteiger partial charge in [0.2, 0.25) is 5.91 Å². The highest BCUT2D eigenvalue weighted by atomic mass is 35.5. The molecule has 0 aliphatic rings. The summed E-state index contributed by atoms with van der Waals surface area (Å²) in [5, 5.41) is 21.6. The van der Waals surface area contributed by atoms with Gasteiger partial charge in [-0.05, 0) is 12.1 Å². The highest BCUT2D eigenvalue weighted by molar-refractivity contribution is 6.30. The summed E-state index contributed by atoms with van der Waals surface area (Å²) in [5.74, 6) is -1.04. The number of rotatable bonds is 5. The van der Waals surface area contributed by atoms with Crippen LogP contribution in [0.4, 0.5) is 15.8 Å². The van der Waals surface area contributed by atoms with Gasteiger partial charge < -0.3 is 10.1 Å². The number of nitriles is 1. The van der Waals surface area contributed by atoms with Crippen molar-refractivity contribution in [2.24, 2.45) is 0 Å². The Hall–Kier alpha value is -3.18. The first-order chi connectivity index (χ1) is 11.4. The van der Waals surface area contributed by atoms with E-state index >= 15 is 0 Å². The van der Waals surface area contributed by atoms with Crippen LogP contribution in [0, 0.1) is 27.3 Å². The number of carbonyl (C=O) groups excluding carboxylic acids is 1. The summed E-state index contributed by atoms with van der Waals surface area (Å²) in [4.78, 5) is 21.8. The minimum atomic E-state index is -0.662. The fraction of sp³-hybridized carbons (Fsp3) is 0.0667. The Morgan fingerprint density at radius 3 is 2.71 bits per heavy atom. The van der Waals surface area contributed by atoms with Gasteiger partial charge in [0, 0.05) is 18.2 Å². The summed E-state index contributed by atoms with van der Waals surface area (Å²) in [6.45, 7) is 0. The quantitative estimate of drug-likeness (QED) is 0.648. The maximum atomic E-state index is 13.1. The van der Waals surface area contributed by atoms with Crippen molar-refractivity contribution >= 4 is 28.9 Å². The molecule has 2 aromatic carbocycles. The van der Waals surface area contributed by atoms with E-state index in [1.54, 1.807) is 6.07 Å². The second-order valence-electron chi connectivity index (χ2n) is 4.53. The molecular formula is C15H9ClFN3O4. The zero-order valence-corrected chi connectivity index (χ0v) is 12.7. The number of anilines is 1. The first-order valence-corrected chi connectivity index (χ1v) is 6.86. The second kappa shape index (κ2) is 7.39. The highest BCUT2D eigenvalue weighted by Gasteiger charge is 2.13. The molecule has 0 radical (unpaired) electrons. The lowest BCUT2D eigenvalue weighted by Gasteiger charge is -2.09. The molecule has 1 N–H and O–H groups in total. The third kappa shape index (κ3) is 4.41. The number of halogens is 2. The van der Waals surface area contributed by atoms with Crippen molar-refractivity contribution in [2.75, 3.05) is 5.32 Å². The Kier molecular flexibility index (Phi) is 5.29. The molecule has 2 aromatic rings. The molecule has 122 valence electrons. The van der Waals surface area contributed by atoms with Gasteiger partial charge in [0.1, 0.15) is 23.7 Å². The van der Waals surface area contributed by atoms with Crippen LogP contribution in [0.25, 0.3) is 0 Å². The minimum absolute atomic E-state index is 0.0409. The number of nitro groups is 1. The zero-order valence-electron chi connectivity index (χ0n) is 12.0. The van der Waals surface area contributed by atoms with Crippen LogP contribution in [-0.4, -0.2) is 10.8 Å². The monoisotopic (exact) mass is 349 g/mol. The molecule has 7 nitrogen and oxygen atoms in total. The van der Waals surface area contributed by atoms with Gasteiger partial charge in [-0.1, -0.05) is 11.6 Å². The van der Waals surface area contributed by atoms with Crippen LogP contribution >= 0.6 is 11.6 Å². The molecular weight excluding hydrogens is 341 g/mol. The Morgan fingerprint density at radius 2 is 2.08 bits per heavy atom. The molecule has 0 aliphatic carbocycles. The molecule has 2 rings (SSSR count). The third-order valence-electron chi connectivity index (χ3n) is 2.75. The van der Waals surface area contributed by atoms with Crippen molar-refractivity contribution in [2.45, 2.75) is 6.42 Å². The van der Waals surface area contributed by atoms with Crippen LogP contribution < -0.4 is 10.1 Å². The number of nitrogens with one attached hydrogen (secondary N) is 1. The number of carbonyl (C=O) groups is 1. The lowest BCUT2D eigenvalue weighted by atomic mass is 10.2. The Balaban J connectivity index is 2.32. The molecule has 0 unspecified atom stereocenters. The lowest BCUT2D eigenvalue weighted by Crippen LogP contribution is -2.10. The van der Waals surface area contributed by atoms with Gasteiger partial charge >= 0.3 is 0 Å². The SMILES string of the molecule is N#CCC(=O)Nc1cc(Oc2ccc(F)c(Cl)c2)cc([N+](=O)[O-])c1. The van der Waals surface area contributed by atoms with Gasteiger partial charge in [-0.3, -0.25) is 14.9 Å². The number of ether oxygens (including phenoxy) is 1. The molecule has 0 atom stereocenters. The number of nitrogens with zero attached hydrogens (tertiary/aromatic N) is 2. The number of hydrogen-bond donors (Lipinski definition) is 1. The topological polar surface area (TPSA) is 105 Å². The van der Waals surface area contributed by atoms with Crippen molar-refractivity contribution in [3.05, 3.63) is 57.4 Å². The van der Waals surface area contributed by atoms with Crippen LogP contribution in [0.15, 0.2) is 36.4 Å². The maximum Gasteiger partial charge on any atom is 0.275 e. The summed E-state index contributed by atoms with van der Waals surface area (Å²) in [6, 6.07) is 8.86. The summed E-state index contributed by atoms with van der Waals surface area (Å²) in [6.07, 6.45) is -0.396. The van der Waals surface area contributed by atoms with Crippen molar-refractivity contribution < 1.29 is 18.8 Å². The first-order valence-electron chi connectivity index (χ1n) is 6.48. The third-order valence-corrected chi connectivity index (χ3v) is 3.04. The van der Waals surface area contributed by atoms with Crippen LogP contribution in [-0.2, 0) is 4.79 Å². The largest absolute Gasteiger partial charge is 0.457 e. The number of benzene rings is 2. The molecule has 0 saturated heterocycles. The number of hydrogen-bond acceptors (Lipinski definition) is 5. The van der Waals surface area contributed by atoms with E-state index in [1.807, 2.05) is 0 Å². The van der Waals surface area contributed by atoms with Gasteiger partial charge in [-0.15, -0.1) is 0 Å². The van der Waals surface area contributed by atoms with Gasteiger partial charge in [-0.25, -0.2) is 4.39 Å². The van der Waals surface area contributed by atoms with Crippen LogP contribution in [0.1, 0.15) is 6.42 Å². The van der Waals surface area contributed by atoms with Crippen molar-refractivity contribution in [1.29, 1.82) is 5.26 Å². The molecule has 0 aromatic heterocycles. The zero-order chi connectivity index (χ0) is 17.7. The molecule has 0 bridgehead atoms. The number of non-ortho nitro benzene ring substituents is 1. The Labute approximate surface area is 140 Å². The highest BCUT2D eigenvalue weighted by Crippen LogP contribution is 2.31. The minimum Gasteiger partial charge on any atom is -0.457 e. The van der Waals surface area contributed by atoms with E-state index in [0.29, 0.717) is 0 Å². The van der Waals surface area contributed by atoms with Crippen molar-refractivity contribution in [3.8, 4) is 17.6 Å². The van der Waals surface area contributed by atoms with E-state index in [-0.39, 0.29) is 27.9 Å². The molecule has 0 aliphatic heterocycles. The maximum absolute atomic E-state index is 13.1. The molecule has 24 heavy (non-hydrogen) atoms. The summed E-state index contributed by atoms with van der Waals surface area (Å²) in [5.41, 5.74) is -0.236. The van der Waals surface area contributed by atoms with Gasteiger partial charge in [-0.2, -0.15) is 5.26 Å². The van der Waals surface area contributed by atoms with Crippen LogP contribution in [0.3, 0.4) is 0 Å². The van der Waals surface area contributed by atoms with Crippen molar-refractivity contribution in [3.63, 3.8) is 0 Å². The molecule has 0 fully saturated rings. The molecule has 0 spiro atoms. The standard InChI is InChI=1S/C15H9ClFN3O4/c16-13-8-11(1-2-14(13)17)24-12-6-9(19-15(21)3-4-18)5-10(7-12)20(22)23/h1-2,5-8H,3H2,(H,19,21). The number of amides is 1. The fourth-order valence-corrected chi connectivity index (χ4v) is 1.94. The summed E-state index contributed by atoms with van der Waals surface area (Å²) < 4.78 is 18.6. The van der Waals surface area contributed by atoms with Gasteiger partial charge in [0.05, 0.1) is 27.8 Å². The molecule has 0 saturated carbocycles. The predicted molar refractivity (Wildman–Crippen MR) is 83.4 cm³/mol. The first kappa shape index (κ1) is 17.2. The van der Waals surface area contributed by atoms with Crippen LogP contribution in [0.5, 0.6) is 11.5 Å². The van der Waals surface area contributed by atoms with E-state index in [1.165, 1.54) is 18.2 Å². The molecule has 0 heterocycles. The average Bonchev–Trinajstić information content (AvgIpc) is 2.51. The van der Waals surface area contributed by atoms with E-state index in [2.05, 4.69) is 5.32 Å². The lowest BCUT2D eigenvalue weighted by molar-refractivity contribution is -0.384. The number of nitro benzene ring substituents is 1. The van der Waals surface area contributed by atoms with Crippen molar-refractivity contribution in [1.82, 2.24) is 0 Å². The molecule has 9 heteroatoms. The van der Waals surface area contributed by atoms with Crippen LogP contribution in [0.2, 0.25) is 5.02 Å². The Bertz CT molecular complexity index is 851. The van der Waals surface area contributed by atoms with E-state index < -0.39 is 23.1 Å². The smallest absolute Gasteiger partial charge is 0.275 e. The van der Waals surface area contributed by atoms with E-state index in [9.17, 15) is 19.3 Å². The second-order valence-corrected chi connectivity index (χ2v) is 4.94. The predicted octanol–water partition coefficient (Wildman–Crippen LogP) is 4.03. The summed E-state index contributed by atoms with van der Waals surface area (Å²) >= 11 is 5.65. The normalized spacial score (nSPS) is 9.88. The average molecular weight is 350 g/mol. The summed E-state index contributed by atoms with van der Waals surface area (Å²) in [7, 11) is 0. The van der Waals surface area contributed by atoms with Gasteiger partial charge in [0.25, 0.3) is 5.69 Å². The fourth-order valence-electron chi connectivity index (χ4n) is 1.77. The molecule has 1 amide bonds. The van der Waals surface area contributed by atoms with E-state index in [0.717, 1.165) is 18.2 Å². The van der Waals surface area contributed by atoms with Gasteiger partial charge in [0.15, 0.2) is 0 Å². The van der Waals surface area contributed by atoms with E-state index in [4.69, 9.17) is 21.6 Å². The Morgan fingerprint density at radius 1 is 1.33 bits per heavy atom.